The van der Waals surface area contributed by atoms with Crippen molar-refractivity contribution in [2.75, 3.05) is 26.2 Å². The number of aromatic nitrogens is 2. The number of nitrogens with one attached hydrogen (secondary N) is 1. The van der Waals surface area contributed by atoms with Crippen LogP contribution >= 0.6 is 0 Å². The third kappa shape index (κ3) is 5.21. The molecule has 1 spiro atoms. The molecule has 0 bridgehead atoms. The minimum absolute atomic E-state index is 0.0273. The summed E-state index contributed by atoms with van der Waals surface area (Å²) in [5.74, 6) is 0.0697. The molecule has 2 heterocycles. The minimum Gasteiger partial charge on any atom is -0.354 e. The monoisotopic (exact) mass is 437 g/mol. The molecule has 0 radical (unpaired) electrons. The Hall–Kier alpha value is -2.67. The molecule has 1 aliphatic carbocycles. The number of rotatable bonds is 3. The maximum absolute atomic E-state index is 13.1. The standard InChI is InChI=1S/C25H35N5O2/c1-28-20-26-18-22(28)24(32)29-14-8-15-30(19-21-9-4-2-5-10-21)25(11-6-3-7-12-25)17-23(31)27-13-16-29/h2,4-5,9-10,18,20H,3,6-8,11-17,19H2,1H3,(H,27,31). The number of benzene rings is 1. The quantitative estimate of drug-likeness (QED) is 0.802. The van der Waals surface area contributed by atoms with Crippen LogP contribution in [0.1, 0.15) is 61.0 Å². The Morgan fingerprint density at radius 2 is 1.84 bits per heavy atom. The van der Waals surface area contributed by atoms with Crippen molar-refractivity contribution < 1.29 is 9.59 Å². The first kappa shape index (κ1) is 22.5. The van der Waals surface area contributed by atoms with E-state index in [4.69, 9.17) is 0 Å². The van der Waals surface area contributed by atoms with Gasteiger partial charge in [-0.15, -0.1) is 0 Å². The Kier molecular flexibility index (Phi) is 7.25. The number of carbonyl (C=O) groups excluding carboxylic acids is 2. The summed E-state index contributed by atoms with van der Waals surface area (Å²) in [5, 5.41) is 3.10. The van der Waals surface area contributed by atoms with Gasteiger partial charge in [-0.25, -0.2) is 4.98 Å². The Morgan fingerprint density at radius 1 is 1.06 bits per heavy atom. The smallest absolute Gasteiger partial charge is 0.272 e. The van der Waals surface area contributed by atoms with Crippen molar-refractivity contribution in [1.82, 2.24) is 24.7 Å². The molecule has 1 saturated heterocycles. The SMILES string of the molecule is Cn1cncc1C(=O)N1CCCN(Cc2ccccc2)C2(CCCCC2)CC(=O)NCC1. The number of aryl methyl sites for hydroxylation is 1. The van der Waals surface area contributed by atoms with Gasteiger partial charge in [0.15, 0.2) is 0 Å². The fourth-order valence-electron chi connectivity index (χ4n) is 5.29. The highest BCUT2D eigenvalue weighted by Gasteiger charge is 2.40. The van der Waals surface area contributed by atoms with Gasteiger partial charge in [0.25, 0.3) is 5.91 Å². The fourth-order valence-corrected chi connectivity index (χ4v) is 5.29. The molecule has 1 aromatic heterocycles. The number of amides is 2. The van der Waals surface area contributed by atoms with Gasteiger partial charge in [-0.05, 0) is 24.8 Å². The van der Waals surface area contributed by atoms with E-state index in [1.54, 1.807) is 17.1 Å². The topological polar surface area (TPSA) is 70.5 Å². The zero-order valence-electron chi connectivity index (χ0n) is 19.1. The summed E-state index contributed by atoms with van der Waals surface area (Å²) < 4.78 is 1.75. The second-order valence-corrected chi connectivity index (χ2v) is 9.25. The molecule has 1 saturated carbocycles. The molecule has 1 N–H and O–H groups in total. The summed E-state index contributed by atoms with van der Waals surface area (Å²) in [6, 6.07) is 10.5. The predicted octanol–water partition coefficient (Wildman–Crippen LogP) is 2.98. The van der Waals surface area contributed by atoms with Crippen molar-refractivity contribution in [3.05, 3.63) is 54.1 Å². The largest absolute Gasteiger partial charge is 0.354 e. The summed E-state index contributed by atoms with van der Waals surface area (Å²) in [7, 11) is 1.84. The van der Waals surface area contributed by atoms with Crippen molar-refractivity contribution in [2.24, 2.45) is 7.05 Å². The van der Waals surface area contributed by atoms with E-state index in [-0.39, 0.29) is 17.4 Å². The molecule has 0 atom stereocenters. The van der Waals surface area contributed by atoms with E-state index in [1.165, 1.54) is 24.8 Å². The number of hydrogen-bond donors (Lipinski definition) is 1. The molecule has 2 amide bonds. The molecular formula is C25H35N5O2. The predicted molar refractivity (Wildman–Crippen MR) is 124 cm³/mol. The fraction of sp³-hybridized carbons (Fsp3) is 0.560. The van der Waals surface area contributed by atoms with E-state index in [9.17, 15) is 9.59 Å². The van der Waals surface area contributed by atoms with E-state index < -0.39 is 0 Å². The van der Waals surface area contributed by atoms with Crippen LogP contribution in [0.3, 0.4) is 0 Å². The molecule has 1 aromatic carbocycles. The number of nitrogens with zero attached hydrogens (tertiary/aromatic N) is 4. The van der Waals surface area contributed by atoms with Crippen LogP contribution in [0.5, 0.6) is 0 Å². The van der Waals surface area contributed by atoms with Crippen LogP contribution in [0.4, 0.5) is 0 Å². The van der Waals surface area contributed by atoms with E-state index in [2.05, 4.69) is 39.5 Å². The zero-order valence-corrected chi connectivity index (χ0v) is 19.1. The van der Waals surface area contributed by atoms with Gasteiger partial charge in [0, 0.05) is 51.7 Å². The van der Waals surface area contributed by atoms with Gasteiger partial charge in [0.2, 0.25) is 5.91 Å². The van der Waals surface area contributed by atoms with Crippen LogP contribution in [0.25, 0.3) is 0 Å². The third-order valence-corrected chi connectivity index (χ3v) is 7.04. The van der Waals surface area contributed by atoms with Gasteiger partial charge in [-0.2, -0.15) is 0 Å². The number of imidazole rings is 1. The van der Waals surface area contributed by atoms with Crippen molar-refractivity contribution in [1.29, 1.82) is 0 Å². The summed E-state index contributed by atoms with van der Waals surface area (Å²) in [4.78, 5) is 34.6. The Labute approximate surface area is 190 Å². The van der Waals surface area contributed by atoms with Gasteiger partial charge in [-0.1, -0.05) is 49.6 Å². The summed E-state index contributed by atoms with van der Waals surface area (Å²) in [5.41, 5.74) is 1.76. The summed E-state index contributed by atoms with van der Waals surface area (Å²) in [6.07, 6.45) is 10.4. The van der Waals surface area contributed by atoms with Gasteiger partial charge in [-0.3, -0.25) is 14.5 Å². The number of carbonyl (C=O) groups is 2. The lowest BCUT2D eigenvalue weighted by atomic mass is 9.77. The molecule has 32 heavy (non-hydrogen) atoms. The Bertz CT molecular complexity index is 904. The highest BCUT2D eigenvalue weighted by Crippen LogP contribution is 2.38. The molecule has 4 rings (SSSR count). The maximum Gasteiger partial charge on any atom is 0.272 e. The van der Waals surface area contributed by atoms with E-state index in [0.717, 1.165) is 32.4 Å². The first-order chi connectivity index (χ1) is 15.6. The molecular weight excluding hydrogens is 402 g/mol. The molecule has 0 unspecified atom stereocenters. The minimum atomic E-state index is -0.0978. The maximum atomic E-state index is 13.1. The number of hydrogen-bond acceptors (Lipinski definition) is 4. The van der Waals surface area contributed by atoms with Gasteiger partial charge in [0.05, 0.1) is 12.5 Å². The van der Waals surface area contributed by atoms with E-state index >= 15 is 0 Å². The first-order valence-electron chi connectivity index (χ1n) is 11.9. The van der Waals surface area contributed by atoms with Crippen molar-refractivity contribution in [2.45, 2.75) is 57.0 Å². The van der Waals surface area contributed by atoms with Crippen LogP contribution in [0, 0.1) is 0 Å². The average Bonchev–Trinajstić information content (AvgIpc) is 3.22. The van der Waals surface area contributed by atoms with Gasteiger partial charge < -0.3 is 14.8 Å². The average molecular weight is 438 g/mol. The summed E-state index contributed by atoms with van der Waals surface area (Å²) >= 11 is 0. The molecule has 172 valence electrons. The third-order valence-electron chi connectivity index (χ3n) is 7.04. The summed E-state index contributed by atoms with van der Waals surface area (Å²) in [6.45, 7) is 3.38. The van der Waals surface area contributed by atoms with Gasteiger partial charge >= 0.3 is 0 Å². The zero-order chi connectivity index (χ0) is 22.4. The van der Waals surface area contributed by atoms with Crippen molar-refractivity contribution in [3.8, 4) is 0 Å². The normalized spacial score (nSPS) is 20.5. The van der Waals surface area contributed by atoms with E-state index in [0.29, 0.717) is 31.7 Å². The second-order valence-electron chi connectivity index (χ2n) is 9.25. The Balaban J connectivity index is 1.56. The Morgan fingerprint density at radius 3 is 2.56 bits per heavy atom. The van der Waals surface area contributed by atoms with Crippen LogP contribution in [-0.4, -0.2) is 62.9 Å². The van der Waals surface area contributed by atoms with Crippen molar-refractivity contribution in [3.63, 3.8) is 0 Å². The molecule has 1 aliphatic heterocycles. The second kappa shape index (κ2) is 10.3. The van der Waals surface area contributed by atoms with Crippen LogP contribution in [0.2, 0.25) is 0 Å². The van der Waals surface area contributed by atoms with Gasteiger partial charge in [0.1, 0.15) is 5.69 Å². The molecule has 7 nitrogen and oxygen atoms in total. The molecule has 2 fully saturated rings. The molecule has 7 heteroatoms. The van der Waals surface area contributed by atoms with Crippen LogP contribution < -0.4 is 5.32 Å². The van der Waals surface area contributed by atoms with E-state index in [1.807, 2.05) is 18.0 Å². The lowest BCUT2D eigenvalue weighted by molar-refractivity contribution is -0.125. The van der Waals surface area contributed by atoms with Crippen LogP contribution in [0.15, 0.2) is 42.9 Å². The highest BCUT2D eigenvalue weighted by atomic mass is 16.2. The highest BCUT2D eigenvalue weighted by molar-refractivity contribution is 5.92. The molecule has 2 aliphatic rings. The lowest BCUT2D eigenvalue weighted by Crippen LogP contribution is -2.52. The van der Waals surface area contributed by atoms with Crippen molar-refractivity contribution >= 4 is 11.8 Å². The lowest BCUT2D eigenvalue weighted by Gasteiger charge is -2.46. The molecule has 2 aromatic rings. The first-order valence-corrected chi connectivity index (χ1v) is 11.9. The van der Waals surface area contributed by atoms with Crippen LogP contribution in [-0.2, 0) is 18.4 Å².